The van der Waals surface area contributed by atoms with E-state index in [-0.39, 0.29) is 0 Å². The highest BCUT2D eigenvalue weighted by Crippen LogP contribution is 2.40. The molecule has 5 heteroatoms. The van der Waals surface area contributed by atoms with Crippen molar-refractivity contribution in [3.8, 4) is 11.1 Å². The van der Waals surface area contributed by atoms with Crippen molar-refractivity contribution in [3.05, 3.63) is 41.5 Å². The smallest absolute Gasteiger partial charge is 0.128 e. The molecule has 0 fully saturated rings. The van der Waals surface area contributed by atoms with Gasteiger partial charge in [-0.2, -0.15) is 0 Å². The number of ether oxygens (including phenoxy) is 1. The Hall–Kier alpha value is -1.43. The number of aryl methyl sites for hydroxylation is 1. The van der Waals surface area contributed by atoms with E-state index in [0.717, 1.165) is 22.2 Å². The molecule has 21 heavy (non-hydrogen) atoms. The zero-order valence-corrected chi connectivity index (χ0v) is 13.6. The van der Waals surface area contributed by atoms with E-state index in [1.165, 1.54) is 21.4 Å². The molecule has 0 spiro atoms. The number of aromatic nitrogens is 2. The fourth-order valence-corrected chi connectivity index (χ4v) is 4.29. The summed E-state index contributed by atoms with van der Waals surface area (Å²) < 4.78 is 5.13. The van der Waals surface area contributed by atoms with Crippen LogP contribution in [0.3, 0.4) is 0 Å². The first-order valence-electron chi connectivity index (χ1n) is 6.72. The molecule has 0 atom stereocenters. The van der Waals surface area contributed by atoms with Gasteiger partial charge in [0.05, 0.1) is 12.0 Å². The first-order valence-corrected chi connectivity index (χ1v) is 8.52. The predicted octanol–water partition coefficient (Wildman–Crippen LogP) is 4.41. The van der Waals surface area contributed by atoms with Crippen molar-refractivity contribution in [2.24, 2.45) is 0 Å². The summed E-state index contributed by atoms with van der Waals surface area (Å²) in [6.07, 6.45) is 1.65. The average Bonchev–Trinajstić information content (AvgIpc) is 2.85. The summed E-state index contributed by atoms with van der Waals surface area (Å²) >= 11 is 3.46. The second-order valence-corrected chi connectivity index (χ2v) is 6.89. The van der Waals surface area contributed by atoms with Crippen LogP contribution in [0.5, 0.6) is 0 Å². The summed E-state index contributed by atoms with van der Waals surface area (Å²) in [7, 11) is 1.72. The molecule has 3 nitrogen and oxygen atoms in total. The van der Waals surface area contributed by atoms with Crippen LogP contribution < -0.4 is 0 Å². The molecular weight excluding hydrogens is 300 g/mol. The molecule has 3 aromatic rings. The zero-order chi connectivity index (χ0) is 14.7. The van der Waals surface area contributed by atoms with Crippen LogP contribution in [-0.2, 0) is 4.74 Å². The van der Waals surface area contributed by atoms with E-state index in [9.17, 15) is 0 Å². The highest BCUT2D eigenvalue weighted by molar-refractivity contribution is 7.99. The second kappa shape index (κ2) is 6.56. The maximum absolute atomic E-state index is 5.13. The molecule has 108 valence electrons. The normalized spacial score (nSPS) is 11.1. The van der Waals surface area contributed by atoms with Gasteiger partial charge in [0, 0.05) is 23.3 Å². The quantitative estimate of drug-likeness (QED) is 0.397. The SMILES string of the molecule is COCCSc1ncnc2sc(C)c(-c3ccccc3)c12. The van der Waals surface area contributed by atoms with Gasteiger partial charge in [-0.05, 0) is 12.5 Å². The van der Waals surface area contributed by atoms with E-state index in [1.54, 1.807) is 36.5 Å². The number of rotatable bonds is 5. The minimum atomic E-state index is 0.722. The van der Waals surface area contributed by atoms with E-state index in [2.05, 4.69) is 41.2 Å². The monoisotopic (exact) mass is 316 g/mol. The van der Waals surface area contributed by atoms with Crippen molar-refractivity contribution < 1.29 is 4.74 Å². The van der Waals surface area contributed by atoms with Gasteiger partial charge in [-0.1, -0.05) is 30.3 Å². The first-order chi connectivity index (χ1) is 10.3. The van der Waals surface area contributed by atoms with E-state index >= 15 is 0 Å². The summed E-state index contributed by atoms with van der Waals surface area (Å²) in [6.45, 7) is 2.87. The number of fused-ring (bicyclic) bond motifs is 1. The molecule has 0 aliphatic heterocycles. The van der Waals surface area contributed by atoms with Crippen molar-refractivity contribution in [2.45, 2.75) is 11.9 Å². The van der Waals surface area contributed by atoms with Crippen molar-refractivity contribution >= 4 is 33.3 Å². The lowest BCUT2D eigenvalue weighted by Gasteiger charge is -2.06. The largest absolute Gasteiger partial charge is 0.384 e. The summed E-state index contributed by atoms with van der Waals surface area (Å²) in [5.41, 5.74) is 2.49. The molecule has 0 radical (unpaired) electrons. The van der Waals surface area contributed by atoms with Crippen molar-refractivity contribution in [1.29, 1.82) is 0 Å². The van der Waals surface area contributed by atoms with Crippen molar-refractivity contribution in [2.75, 3.05) is 19.5 Å². The van der Waals surface area contributed by atoms with Crippen LogP contribution in [0, 0.1) is 6.92 Å². The first kappa shape index (κ1) is 14.5. The second-order valence-electron chi connectivity index (χ2n) is 4.60. The van der Waals surface area contributed by atoms with Crippen LogP contribution in [0.15, 0.2) is 41.7 Å². The molecule has 0 saturated heterocycles. The van der Waals surface area contributed by atoms with Gasteiger partial charge in [0.25, 0.3) is 0 Å². The Kier molecular flexibility index (Phi) is 4.53. The molecule has 3 rings (SSSR count). The minimum Gasteiger partial charge on any atom is -0.384 e. The Labute approximate surface area is 132 Å². The Morgan fingerprint density at radius 3 is 2.76 bits per heavy atom. The average molecular weight is 316 g/mol. The van der Waals surface area contributed by atoms with E-state index in [1.807, 2.05) is 6.07 Å². The fourth-order valence-electron chi connectivity index (χ4n) is 2.30. The topological polar surface area (TPSA) is 35.0 Å². The van der Waals surface area contributed by atoms with Gasteiger partial charge in [0.15, 0.2) is 0 Å². The van der Waals surface area contributed by atoms with E-state index < -0.39 is 0 Å². The molecule has 0 N–H and O–H groups in total. The maximum atomic E-state index is 5.13. The Bertz CT molecular complexity index is 741. The van der Waals surface area contributed by atoms with Gasteiger partial charge in [-0.15, -0.1) is 23.1 Å². The van der Waals surface area contributed by atoms with Crippen LogP contribution in [0.25, 0.3) is 21.3 Å². The number of methoxy groups -OCH3 is 1. The molecule has 2 heterocycles. The number of thiophene rings is 1. The van der Waals surface area contributed by atoms with E-state index in [0.29, 0.717) is 0 Å². The highest BCUT2D eigenvalue weighted by atomic mass is 32.2. The maximum Gasteiger partial charge on any atom is 0.128 e. The molecule has 0 bridgehead atoms. The van der Waals surface area contributed by atoms with Gasteiger partial charge in [-0.25, -0.2) is 9.97 Å². The number of hydrogen-bond acceptors (Lipinski definition) is 5. The number of hydrogen-bond donors (Lipinski definition) is 0. The van der Waals surface area contributed by atoms with Crippen LogP contribution in [0.2, 0.25) is 0 Å². The lowest BCUT2D eigenvalue weighted by Crippen LogP contribution is -1.93. The fraction of sp³-hybridized carbons (Fsp3) is 0.250. The summed E-state index contributed by atoms with van der Waals surface area (Å²) in [5, 5.41) is 2.22. The van der Waals surface area contributed by atoms with Gasteiger partial charge in [0.2, 0.25) is 0 Å². The highest BCUT2D eigenvalue weighted by Gasteiger charge is 2.16. The minimum absolute atomic E-state index is 0.722. The van der Waals surface area contributed by atoms with Crippen LogP contribution in [0.1, 0.15) is 4.88 Å². The molecule has 2 aromatic heterocycles. The van der Waals surface area contributed by atoms with Crippen LogP contribution >= 0.6 is 23.1 Å². The molecule has 0 unspecified atom stereocenters. The molecule has 0 aliphatic rings. The lowest BCUT2D eigenvalue weighted by molar-refractivity contribution is 0.218. The number of benzene rings is 1. The third kappa shape index (κ3) is 2.95. The Balaban J connectivity index is 2.13. The summed E-state index contributed by atoms with van der Waals surface area (Å²) in [4.78, 5) is 11.3. The molecule has 0 saturated carbocycles. The van der Waals surface area contributed by atoms with Crippen LogP contribution in [-0.4, -0.2) is 29.4 Å². The third-order valence-electron chi connectivity index (χ3n) is 3.22. The Morgan fingerprint density at radius 2 is 2.00 bits per heavy atom. The summed E-state index contributed by atoms with van der Waals surface area (Å²) in [6, 6.07) is 10.5. The standard InChI is InChI=1S/C16H16N2OS2/c1-11-13(12-6-4-3-5-7-12)14-15(20-9-8-19-2)17-10-18-16(14)21-11/h3-7,10H,8-9H2,1-2H3. The Morgan fingerprint density at radius 1 is 1.19 bits per heavy atom. The van der Waals surface area contributed by atoms with Crippen LogP contribution in [0.4, 0.5) is 0 Å². The van der Waals surface area contributed by atoms with Gasteiger partial charge in [0.1, 0.15) is 16.2 Å². The van der Waals surface area contributed by atoms with Gasteiger partial charge in [-0.3, -0.25) is 0 Å². The van der Waals surface area contributed by atoms with E-state index in [4.69, 9.17) is 4.74 Å². The molecule has 1 aromatic carbocycles. The van der Waals surface area contributed by atoms with Crippen molar-refractivity contribution in [3.63, 3.8) is 0 Å². The van der Waals surface area contributed by atoms with Crippen molar-refractivity contribution in [1.82, 2.24) is 9.97 Å². The van der Waals surface area contributed by atoms with Gasteiger partial charge < -0.3 is 4.74 Å². The predicted molar refractivity (Wildman–Crippen MR) is 90.2 cm³/mol. The number of thioether (sulfide) groups is 1. The molecule has 0 amide bonds. The third-order valence-corrected chi connectivity index (χ3v) is 5.19. The zero-order valence-electron chi connectivity index (χ0n) is 12.0. The molecular formula is C16H16N2OS2. The molecule has 0 aliphatic carbocycles. The number of nitrogens with zero attached hydrogens (tertiary/aromatic N) is 2. The van der Waals surface area contributed by atoms with Gasteiger partial charge >= 0.3 is 0 Å². The summed E-state index contributed by atoms with van der Waals surface area (Å²) in [5.74, 6) is 0.895. The lowest BCUT2D eigenvalue weighted by atomic mass is 10.0.